The van der Waals surface area contributed by atoms with Gasteiger partial charge in [0.05, 0.1) is 19.8 Å². The highest BCUT2D eigenvalue weighted by Crippen LogP contribution is 1.89. The Morgan fingerprint density at radius 2 is 1.32 bits per heavy atom. The van der Waals surface area contributed by atoms with Crippen molar-refractivity contribution >= 4 is 11.9 Å². The molecule has 0 aliphatic heterocycles. The molecular weight excluding hydrogens is 258 g/mol. The number of hydrogen-bond donors (Lipinski definition) is 5. The van der Waals surface area contributed by atoms with Crippen LogP contribution in [0.1, 0.15) is 6.92 Å². The molecular formula is C11H21NO7. The van der Waals surface area contributed by atoms with Gasteiger partial charge in [-0.15, -0.1) is 0 Å². The Morgan fingerprint density at radius 3 is 1.47 bits per heavy atom. The first kappa shape index (κ1) is 19.9. The van der Waals surface area contributed by atoms with Crippen LogP contribution in [0.25, 0.3) is 0 Å². The molecule has 112 valence electrons. The van der Waals surface area contributed by atoms with Gasteiger partial charge in [0.15, 0.2) is 0 Å². The smallest absolute Gasteiger partial charge is 0.331 e. The quantitative estimate of drug-likeness (QED) is 0.334. The highest BCUT2D eigenvalue weighted by atomic mass is 16.4. The Balaban J connectivity index is 0. The van der Waals surface area contributed by atoms with Crippen LogP contribution in [0.5, 0.6) is 0 Å². The van der Waals surface area contributed by atoms with Crippen molar-refractivity contribution in [3.63, 3.8) is 0 Å². The summed E-state index contributed by atoms with van der Waals surface area (Å²) in [5, 5.41) is 41.5. The summed E-state index contributed by atoms with van der Waals surface area (Å²) in [6.07, 6.45) is 0.641. The molecule has 0 aromatic heterocycles. The maximum atomic E-state index is 9.90. The average Bonchev–Trinajstić information content (AvgIpc) is 2.30. The van der Waals surface area contributed by atoms with Crippen molar-refractivity contribution in [2.45, 2.75) is 6.92 Å². The summed E-state index contributed by atoms with van der Waals surface area (Å²) >= 11 is 0. The Bertz CT molecular complexity index is 277. The van der Waals surface area contributed by atoms with Crippen LogP contribution in [0, 0.1) is 0 Å². The molecule has 0 spiro atoms. The van der Waals surface area contributed by atoms with Gasteiger partial charge in [0.1, 0.15) is 0 Å². The lowest BCUT2D eigenvalue weighted by atomic mass is 10.3. The summed E-state index contributed by atoms with van der Waals surface area (Å²) in [7, 11) is 0. The molecule has 0 aromatic rings. The van der Waals surface area contributed by atoms with Crippen molar-refractivity contribution in [1.29, 1.82) is 0 Å². The summed E-state index contributed by atoms with van der Waals surface area (Å²) in [6, 6.07) is 0. The van der Waals surface area contributed by atoms with Crippen LogP contribution in [0.15, 0.2) is 11.6 Å². The van der Waals surface area contributed by atoms with Crippen LogP contribution in [-0.4, -0.2) is 81.8 Å². The van der Waals surface area contributed by atoms with Crippen molar-refractivity contribution < 1.29 is 35.1 Å². The molecule has 0 fully saturated rings. The molecule has 0 aliphatic rings. The molecule has 0 bridgehead atoms. The van der Waals surface area contributed by atoms with E-state index in [1.807, 2.05) is 0 Å². The predicted molar refractivity (Wildman–Crippen MR) is 66.7 cm³/mol. The van der Waals surface area contributed by atoms with Crippen molar-refractivity contribution in [2.24, 2.45) is 0 Å². The highest BCUT2D eigenvalue weighted by molar-refractivity contribution is 5.93. The van der Waals surface area contributed by atoms with Crippen LogP contribution in [0.2, 0.25) is 0 Å². The minimum atomic E-state index is -1.24. The summed E-state index contributed by atoms with van der Waals surface area (Å²) < 4.78 is 0. The highest BCUT2D eigenvalue weighted by Gasteiger charge is 2.01. The second kappa shape index (κ2) is 13.0. The first-order chi connectivity index (χ1) is 8.88. The number of hydrogen-bond acceptors (Lipinski definition) is 6. The van der Waals surface area contributed by atoms with E-state index in [0.29, 0.717) is 25.7 Å². The van der Waals surface area contributed by atoms with E-state index < -0.39 is 11.9 Å². The summed E-state index contributed by atoms with van der Waals surface area (Å²) in [5.41, 5.74) is -0.178. The molecule has 0 unspecified atom stereocenters. The van der Waals surface area contributed by atoms with Crippen LogP contribution in [0.3, 0.4) is 0 Å². The second-order valence-corrected chi connectivity index (χ2v) is 3.48. The van der Waals surface area contributed by atoms with Crippen LogP contribution >= 0.6 is 0 Å². The SMILES string of the molecule is C/C(=C/C(=O)O)C(=O)O.OCCN(CCO)CCO. The summed E-state index contributed by atoms with van der Waals surface area (Å²) in [5.74, 6) is -2.45. The lowest BCUT2D eigenvalue weighted by Crippen LogP contribution is -2.32. The molecule has 19 heavy (non-hydrogen) atoms. The first-order valence-corrected chi connectivity index (χ1v) is 5.58. The van der Waals surface area contributed by atoms with Gasteiger partial charge in [0.25, 0.3) is 0 Å². The molecule has 0 aromatic carbocycles. The van der Waals surface area contributed by atoms with Crippen molar-refractivity contribution in [2.75, 3.05) is 39.5 Å². The van der Waals surface area contributed by atoms with Crippen LogP contribution in [-0.2, 0) is 9.59 Å². The van der Waals surface area contributed by atoms with Crippen LogP contribution < -0.4 is 0 Å². The lowest BCUT2D eigenvalue weighted by molar-refractivity contribution is -0.135. The number of aliphatic carboxylic acids is 2. The monoisotopic (exact) mass is 279 g/mol. The third-order valence-electron chi connectivity index (χ3n) is 1.93. The van der Waals surface area contributed by atoms with Crippen LogP contribution in [0.4, 0.5) is 0 Å². The van der Waals surface area contributed by atoms with Gasteiger partial charge < -0.3 is 25.5 Å². The van der Waals surface area contributed by atoms with Gasteiger partial charge >= 0.3 is 11.9 Å². The van der Waals surface area contributed by atoms with Crippen molar-refractivity contribution in [3.05, 3.63) is 11.6 Å². The van der Waals surface area contributed by atoms with E-state index in [4.69, 9.17) is 25.5 Å². The molecule has 0 aliphatic carbocycles. The van der Waals surface area contributed by atoms with Gasteiger partial charge in [-0.1, -0.05) is 0 Å². The van der Waals surface area contributed by atoms with E-state index in [1.165, 1.54) is 6.92 Å². The third-order valence-corrected chi connectivity index (χ3v) is 1.93. The molecule has 0 saturated heterocycles. The Labute approximate surface area is 111 Å². The normalized spacial score (nSPS) is 10.9. The zero-order valence-corrected chi connectivity index (χ0v) is 10.8. The van der Waals surface area contributed by atoms with E-state index in [-0.39, 0.29) is 25.4 Å². The Kier molecular flexibility index (Phi) is 13.5. The molecule has 0 rings (SSSR count). The average molecular weight is 279 g/mol. The topological polar surface area (TPSA) is 139 Å². The van der Waals surface area contributed by atoms with E-state index >= 15 is 0 Å². The standard InChI is InChI=1S/C6H15NO3.C5H6O4/c8-4-1-7(2-5-9)3-6-10;1-3(5(8)9)2-4(6)7/h8-10H,1-6H2;2H,1H3,(H,6,7)(H,8,9)/b;3-2-. The van der Waals surface area contributed by atoms with Crippen molar-refractivity contribution in [1.82, 2.24) is 4.90 Å². The number of carboxylic acids is 2. The fourth-order valence-corrected chi connectivity index (χ4v) is 1.01. The number of carboxylic acid groups (broad SMARTS) is 2. The van der Waals surface area contributed by atoms with E-state index in [1.54, 1.807) is 4.90 Å². The predicted octanol–water partition coefficient (Wildman–Crippen LogP) is -1.63. The van der Waals surface area contributed by atoms with Crippen molar-refractivity contribution in [3.8, 4) is 0 Å². The van der Waals surface area contributed by atoms with Gasteiger partial charge in [-0.25, -0.2) is 9.59 Å². The number of rotatable bonds is 8. The fraction of sp³-hybridized carbons (Fsp3) is 0.636. The fourth-order valence-electron chi connectivity index (χ4n) is 1.01. The maximum absolute atomic E-state index is 9.90. The van der Waals surface area contributed by atoms with Gasteiger partial charge in [-0.2, -0.15) is 0 Å². The second-order valence-electron chi connectivity index (χ2n) is 3.48. The largest absolute Gasteiger partial charge is 0.478 e. The Hall–Kier alpha value is -1.48. The van der Waals surface area contributed by atoms with E-state index in [9.17, 15) is 9.59 Å². The minimum Gasteiger partial charge on any atom is -0.478 e. The molecule has 8 heteroatoms. The molecule has 0 radical (unpaired) electrons. The zero-order valence-electron chi connectivity index (χ0n) is 10.8. The first-order valence-electron chi connectivity index (χ1n) is 5.58. The molecule has 5 N–H and O–H groups in total. The lowest BCUT2D eigenvalue weighted by Gasteiger charge is -2.17. The minimum absolute atomic E-state index is 0.0694. The summed E-state index contributed by atoms with van der Waals surface area (Å²) in [4.78, 5) is 21.5. The zero-order chi connectivity index (χ0) is 15.3. The molecule has 0 amide bonds. The van der Waals surface area contributed by atoms with Gasteiger partial charge in [0, 0.05) is 31.3 Å². The summed E-state index contributed by atoms with van der Waals surface area (Å²) in [6.45, 7) is 2.97. The maximum Gasteiger partial charge on any atom is 0.331 e. The molecule has 0 saturated carbocycles. The Morgan fingerprint density at radius 1 is 0.947 bits per heavy atom. The third kappa shape index (κ3) is 14.5. The number of aliphatic hydroxyl groups is 3. The van der Waals surface area contributed by atoms with Gasteiger partial charge in [-0.3, -0.25) is 4.90 Å². The van der Waals surface area contributed by atoms with Gasteiger partial charge in [-0.05, 0) is 6.92 Å². The number of carbonyl (C=O) groups is 2. The molecule has 0 heterocycles. The van der Waals surface area contributed by atoms with E-state index in [2.05, 4.69) is 0 Å². The molecule has 0 atom stereocenters. The number of aliphatic hydroxyl groups excluding tert-OH is 3. The van der Waals surface area contributed by atoms with Gasteiger partial charge in [0.2, 0.25) is 0 Å². The van der Waals surface area contributed by atoms with E-state index in [0.717, 1.165) is 0 Å². The molecule has 8 nitrogen and oxygen atoms in total. The number of nitrogens with zero attached hydrogens (tertiary/aromatic N) is 1.